The van der Waals surface area contributed by atoms with E-state index in [1.54, 1.807) is 4.90 Å². The number of aldehydes is 1. The third kappa shape index (κ3) is 1.98. The molecule has 3 aromatic rings. The average Bonchev–Trinajstić information content (AvgIpc) is 3.25. The fourth-order valence-electron chi connectivity index (χ4n) is 4.52. The Morgan fingerprint density at radius 1 is 0.852 bits per heavy atom. The molecular weight excluding hydrogens is 338 g/mol. The number of fused-ring (bicyclic) bond motifs is 3. The molecule has 1 amide bonds. The molecule has 0 aromatic heterocycles. The normalized spacial score (nSPS) is 19.3. The molecule has 0 radical (unpaired) electrons. The van der Waals surface area contributed by atoms with Crippen LogP contribution in [0.4, 0.5) is 4.79 Å². The van der Waals surface area contributed by atoms with E-state index >= 15 is 0 Å². The first kappa shape index (κ1) is 15.8. The molecule has 4 nitrogen and oxygen atoms in total. The molecule has 27 heavy (non-hydrogen) atoms. The van der Waals surface area contributed by atoms with Gasteiger partial charge in [-0.25, -0.2) is 4.79 Å². The summed E-state index contributed by atoms with van der Waals surface area (Å²) < 4.78 is 5.31. The van der Waals surface area contributed by atoms with Gasteiger partial charge in [-0.15, -0.1) is 0 Å². The van der Waals surface area contributed by atoms with Gasteiger partial charge in [-0.1, -0.05) is 78.9 Å². The Morgan fingerprint density at radius 3 is 2.00 bits per heavy atom. The molecule has 132 valence electrons. The number of hydrogen-bond acceptors (Lipinski definition) is 3. The first-order chi connectivity index (χ1) is 13.3. The highest BCUT2D eigenvalue weighted by atomic mass is 16.6. The third-order valence-electron chi connectivity index (χ3n) is 5.54. The highest BCUT2D eigenvalue weighted by Crippen LogP contribution is 2.55. The Hall–Kier alpha value is -3.40. The van der Waals surface area contributed by atoms with E-state index in [1.807, 2.05) is 66.7 Å². The molecule has 4 heteroatoms. The Bertz CT molecular complexity index is 999. The van der Waals surface area contributed by atoms with Gasteiger partial charge in [-0.3, -0.25) is 4.90 Å². The molecule has 0 saturated carbocycles. The van der Waals surface area contributed by atoms with E-state index in [-0.39, 0.29) is 6.61 Å². The summed E-state index contributed by atoms with van der Waals surface area (Å²) in [6, 6.07) is 25.4. The zero-order chi connectivity index (χ0) is 18.4. The van der Waals surface area contributed by atoms with Gasteiger partial charge in [0, 0.05) is 0 Å². The number of ether oxygens (including phenoxy) is 1. The number of nitrogens with zero attached hydrogens (tertiary/aromatic N) is 1. The molecule has 1 fully saturated rings. The van der Waals surface area contributed by atoms with Gasteiger partial charge in [0.2, 0.25) is 0 Å². The number of benzene rings is 3. The van der Waals surface area contributed by atoms with Crippen LogP contribution in [0.3, 0.4) is 0 Å². The first-order valence-corrected chi connectivity index (χ1v) is 8.95. The SMILES string of the molecule is O=C[C@@H]1COC(=O)N1C1(c2ccccc2)c2ccccc2-c2ccccc21. The van der Waals surface area contributed by atoms with Crippen LogP contribution in [0.1, 0.15) is 16.7 Å². The Kier molecular flexibility index (Phi) is 3.41. The van der Waals surface area contributed by atoms with Crippen LogP contribution in [-0.4, -0.2) is 29.9 Å². The Labute approximate surface area is 157 Å². The maximum Gasteiger partial charge on any atom is 0.411 e. The van der Waals surface area contributed by atoms with E-state index in [1.165, 1.54) is 0 Å². The van der Waals surface area contributed by atoms with Gasteiger partial charge in [0.15, 0.2) is 0 Å². The summed E-state index contributed by atoms with van der Waals surface area (Å²) in [6.07, 6.45) is 0.335. The lowest BCUT2D eigenvalue weighted by Crippen LogP contribution is -2.52. The molecule has 2 aliphatic rings. The van der Waals surface area contributed by atoms with Crippen LogP contribution in [0.5, 0.6) is 0 Å². The molecule has 1 heterocycles. The van der Waals surface area contributed by atoms with Gasteiger partial charge >= 0.3 is 6.09 Å². The van der Waals surface area contributed by atoms with Gasteiger partial charge in [0.25, 0.3) is 0 Å². The van der Waals surface area contributed by atoms with Crippen molar-refractivity contribution in [1.29, 1.82) is 0 Å². The van der Waals surface area contributed by atoms with Crippen molar-refractivity contribution in [2.24, 2.45) is 0 Å². The monoisotopic (exact) mass is 355 g/mol. The molecule has 1 saturated heterocycles. The van der Waals surface area contributed by atoms with Crippen molar-refractivity contribution in [3.63, 3.8) is 0 Å². The smallest absolute Gasteiger partial charge is 0.411 e. The van der Waals surface area contributed by atoms with Crippen molar-refractivity contribution >= 4 is 12.4 Å². The summed E-state index contributed by atoms with van der Waals surface area (Å²) in [4.78, 5) is 26.3. The summed E-state index contributed by atoms with van der Waals surface area (Å²) in [6.45, 7) is 0.0707. The van der Waals surface area contributed by atoms with Crippen molar-refractivity contribution in [3.05, 3.63) is 95.6 Å². The fourth-order valence-corrected chi connectivity index (χ4v) is 4.52. The lowest BCUT2D eigenvalue weighted by atomic mass is 9.78. The van der Waals surface area contributed by atoms with Crippen LogP contribution in [-0.2, 0) is 15.1 Å². The second-order valence-corrected chi connectivity index (χ2v) is 6.82. The highest BCUT2D eigenvalue weighted by molar-refractivity contribution is 5.88. The molecule has 3 aromatic carbocycles. The van der Waals surface area contributed by atoms with Gasteiger partial charge in [0.1, 0.15) is 24.5 Å². The second-order valence-electron chi connectivity index (χ2n) is 6.82. The van der Waals surface area contributed by atoms with Crippen LogP contribution < -0.4 is 0 Å². The van der Waals surface area contributed by atoms with Crippen LogP contribution in [0.15, 0.2) is 78.9 Å². The van der Waals surface area contributed by atoms with Crippen LogP contribution in [0, 0.1) is 0 Å². The number of hydrogen-bond donors (Lipinski definition) is 0. The first-order valence-electron chi connectivity index (χ1n) is 8.95. The highest BCUT2D eigenvalue weighted by Gasteiger charge is 2.55. The number of cyclic esters (lactones) is 1. The number of amides is 1. The lowest BCUT2D eigenvalue weighted by Gasteiger charge is -2.41. The molecule has 1 atom stereocenters. The molecule has 0 bridgehead atoms. The van der Waals surface area contributed by atoms with E-state index in [0.29, 0.717) is 0 Å². The van der Waals surface area contributed by atoms with E-state index in [0.717, 1.165) is 34.1 Å². The average molecular weight is 355 g/mol. The van der Waals surface area contributed by atoms with Gasteiger partial charge < -0.3 is 9.53 Å². The summed E-state index contributed by atoms with van der Waals surface area (Å²) >= 11 is 0. The quantitative estimate of drug-likeness (QED) is 0.668. The van der Waals surface area contributed by atoms with E-state index < -0.39 is 17.7 Å². The van der Waals surface area contributed by atoms with E-state index in [2.05, 4.69) is 12.1 Å². The van der Waals surface area contributed by atoms with Crippen molar-refractivity contribution in [2.75, 3.05) is 6.61 Å². The van der Waals surface area contributed by atoms with Crippen LogP contribution >= 0.6 is 0 Å². The minimum absolute atomic E-state index is 0.0707. The molecule has 5 rings (SSSR count). The predicted octanol–water partition coefficient (Wildman–Crippen LogP) is 3.98. The van der Waals surface area contributed by atoms with Crippen molar-refractivity contribution in [1.82, 2.24) is 4.90 Å². The zero-order valence-electron chi connectivity index (χ0n) is 14.5. The molecular formula is C23H17NO3. The van der Waals surface area contributed by atoms with Gasteiger partial charge in [0.05, 0.1) is 0 Å². The lowest BCUT2D eigenvalue weighted by molar-refractivity contribution is -0.111. The maximum absolute atomic E-state index is 12.9. The fraction of sp³-hybridized carbons (Fsp3) is 0.130. The Morgan fingerprint density at radius 2 is 1.41 bits per heavy atom. The number of carbonyl (C=O) groups excluding carboxylic acids is 2. The van der Waals surface area contributed by atoms with Crippen LogP contribution in [0.2, 0.25) is 0 Å². The van der Waals surface area contributed by atoms with Crippen molar-refractivity contribution in [2.45, 2.75) is 11.6 Å². The Balaban J connectivity index is 1.93. The van der Waals surface area contributed by atoms with Gasteiger partial charge in [-0.2, -0.15) is 0 Å². The third-order valence-corrected chi connectivity index (χ3v) is 5.54. The van der Waals surface area contributed by atoms with Crippen molar-refractivity contribution in [3.8, 4) is 11.1 Å². The van der Waals surface area contributed by atoms with Crippen LogP contribution in [0.25, 0.3) is 11.1 Å². The van der Waals surface area contributed by atoms with E-state index in [9.17, 15) is 9.59 Å². The summed E-state index contributed by atoms with van der Waals surface area (Å²) in [5.74, 6) is 0. The van der Waals surface area contributed by atoms with Crippen molar-refractivity contribution < 1.29 is 14.3 Å². The zero-order valence-corrected chi connectivity index (χ0v) is 14.5. The number of carbonyl (C=O) groups is 2. The second kappa shape index (κ2) is 5.81. The standard InChI is InChI=1S/C23H17NO3/c25-14-17-15-27-22(26)24(17)23(16-8-2-1-3-9-16)20-12-6-4-10-18(20)19-11-5-7-13-21(19)23/h1-14,17H,15H2/t17-/m1/s1. The molecule has 0 unspecified atom stereocenters. The molecule has 1 aliphatic carbocycles. The predicted molar refractivity (Wildman–Crippen MR) is 101 cm³/mol. The summed E-state index contributed by atoms with van der Waals surface area (Å²) in [5, 5.41) is 0. The largest absolute Gasteiger partial charge is 0.447 e. The molecule has 1 aliphatic heterocycles. The molecule has 0 N–H and O–H groups in total. The van der Waals surface area contributed by atoms with E-state index in [4.69, 9.17) is 4.74 Å². The summed E-state index contributed by atoms with van der Waals surface area (Å²) in [7, 11) is 0. The summed E-state index contributed by atoms with van der Waals surface area (Å²) in [5.41, 5.74) is 4.16. The minimum atomic E-state index is -0.895. The molecule has 0 spiro atoms. The number of rotatable bonds is 3. The van der Waals surface area contributed by atoms with Gasteiger partial charge in [-0.05, 0) is 27.8 Å². The minimum Gasteiger partial charge on any atom is -0.447 e. The maximum atomic E-state index is 12.9. The topological polar surface area (TPSA) is 46.6 Å².